The number of rotatable bonds is 4. The van der Waals surface area contributed by atoms with E-state index >= 15 is 0 Å². The summed E-state index contributed by atoms with van der Waals surface area (Å²) in [5, 5.41) is 7.00. The highest BCUT2D eigenvalue weighted by Crippen LogP contribution is 2.20. The SMILES string of the molecule is Cc1cc(OCC(=O)NC2CNCCC2C)ccc1Cl. The van der Waals surface area contributed by atoms with Crippen LogP contribution in [0.1, 0.15) is 18.9 Å². The highest BCUT2D eigenvalue weighted by atomic mass is 35.5. The Bertz CT molecular complexity index is 479. The monoisotopic (exact) mass is 296 g/mol. The van der Waals surface area contributed by atoms with Gasteiger partial charge in [0, 0.05) is 17.6 Å². The molecule has 0 bridgehead atoms. The number of hydrogen-bond acceptors (Lipinski definition) is 3. The van der Waals surface area contributed by atoms with Gasteiger partial charge in [-0.05, 0) is 49.6 Å². The normalized spacial score (nSPS) is 22.4. The maximum atomic E-state index is 11.9. The van der Waals surface area contributed by atoms with Crippen molar-refractivity contribution in [1.82, 2.24) is 10.6 Å². The summed E-state index contributed by atoms with van der Waals surface area (Å²) in [6.45, 7) is 5.95. The van der Waals surface area contributed by atoms with Crippen LogP contribution < -0.4 is 15.4 Å². The first-order valence-corrected chi connectivity index (χ1v) is 7.33. The van der Waals surface area contributed by atoms with Gasteiger partial charge in [-0.3, -0.25) is 4.79 Å². The van der Waals surface area contributed by atoms with Gasteiger partial charge >= 0.3 is 0 Å². The van der Waals surface area contributed by atoms with Crippen LogP contribution in [0.4, 0.5) is 0 Å². The molecule has 4 nitrogen and oxygen atoms in total. The minimum Gasteiger partial charge on any atom is -0.484 e. The van der Waals surface area contributed by atoms with E-state index in [0.29, 0.717) is 16.7 Å². The number of carbonyl (C=O) groups is 1. The lowest BCUT2D eigenvalue weighted by atomic mass is 9.95. The first-order valence-electron chi connectivity index (χ1n) is 6.95. The molecule has 1 saturated heterocycles. The molecule has 1 aliphatic heterocycles. The summed E-state index contributed by atoms with van der Waals surface area (Å²) in [7, 11) is 0. The molecule has 1 aromatic rings. The molecule has 1 aromatic carbocycles. The van der Waals surface area contributed by atoms with Crippen molar-refractivity contribution in [2.45, 2.75) is 26.3 Å². The molecule has 5 heteroatoms. The molecule has 0 aliphatic carbocycles. The lowest BCUT2D eigenvalue weighted by Crippen LogP contribution is -2.51. The topological polar surface area (TPSA) is 50.4 Å². The fourth-order valence-corrected chi connectivity index (χ4v) is 2.40. The van der Waals surface area contributed by atoms with E-state index in [9.17, 15) is 4.79 Å². The lowest BCUT2D eigenvalue weighted by molar-refractivity contribution is -0.124. The number of nitrogens with one attached hydrogen (secondary N) is 2. The van der Waals surface area contributed by atoms with Crippen molar-refractivity contribution in [2.24, 2.45) is 5.92 Å². The predicted molar refractivity (Wildman–Crippen MR) is 80.3 cm³/mol. The molecule has 0 aromatic heterocycles. The summed E-state index contributed by atoms with van der Waals surface area (Å²) in [6.07, 6.45) is 1.09. The van der Waals surface area contributed by atoms with Gasteiger partial charge in [0.25, 0.3) is 5.91 Å². The van der Waals surface area contributed by atoms with Crippen LogP contribution in [-0.2, 0) is 4.79 Å². The Morgan fingerprint density at radius 1 is 1.55 bits per heavy atom. The predicted octanol–water partition coefficient (Wildman–Crippen LogP) is 2.14. The fourth-order valence-electron chi connectivity index (χ4n) is 2.29. The molecule has 2 N–H and O–H groups in total. The summed E-state index contributed by atoms with van der Waals surface area (Å²) >= 11 is 5.95. The zero-order valence-corrected chi connectivity index (χ0v) is 12.7. The first kappa shape index (κ1) is 15.1. The van der Waals surface area contributed by atoms with Crippen LogP contribution in [0.2, 0.25) is 5.02 Å². The van der Waals surface area contributed by atoms with Gasteiger partial charge in [-0.25, -0.2) is 0 Å². The summed E-state index contributed by atoms with van der Waals surface area (Å²) in [6, 6.07) is 5.57. The maximum absolute atomic E-state index is 11.9. The van der Waals surface area contributed by atoms with E-state index in [2.05, 4.69) is 17.6 Å². The van der Waals surface area contributed by atoms with Crippen molar-refractivity contribution in [3.8, 4) is 5.75 Å². The molecule has 1 heterocycles. The quantitative estimate of drug-likeness (QED) is 0.895. The number of aryl methyl sites for hydroxylation is 1. The third-order valence-electron chi connectivity index (χ3n) is 3.67. The van der Waals surface area contributed by atoms with Gasteiger partial charge in [0.15, 0.2) is 6.61 Å². The van der Waals surface area contributed by atoms with E-state index in [1.807, 2.05) is 13.0 Å². The lowest BCUT2D eigenvalue weighted by Gasteiger charge is -2.30. The minimum atomic E-state index is -0.0850. The van der Waals surface area contributed by atoms with Gasteiger partial charge in [0.05, 0.1) is 0 Å². The minimum absolute atomic E-state index is 0.0320. The van der Waals surface area contributed by atoms with E-state index in [1.54, 1.807) is 12.1 Å². The van der Waals surface area contributed by atoms with E-state index < -0.39 is 0 Å². The van der Waals surface area contributed by atoms with Crippen molar-refractivity contribution in [1.29, 1.82) is 0 Å². The standard InChI is InChI=1S/C15H21ClN2O2/c1-10-5-6-17-8-14(10)18-15(19)9-20-12-3-4-13(16)11(2)7-12/h3-4,7,10,14,17H,5-6,8-9H2,1-2H3,(H,18,19). The summed E-state index contributed by atoms with van der Waals surface area (Å²) in [4.78, 5) is 11.9. The smallest absolute Gasteiger partial charge is 0.258 e. The van der Waals surface area contributed by atoms with Crippen LogP contribution in [0.15, 0.2) is 18.2 Å². The van der Waals surface area contributed by atoms with Gasteiger partial charge in [-0.15, -0.1) is 0 Å². The third kappa shape index (κ3) is 4.12. The second-order valence-corrected chi connectivity index (χ2v) is 5.75. The number of benzene rings is 1. The number of amides is 1. The van der Waals surface area contributed by atoms with Crippen LogP contribution in [-0.4, -0.2) is 31.6 Å². The van der Waals surface area contributed by atoms with E-state index in [4.69, 9.17) is 16.3 Å². The molecule has 1 amide bonds. The molecule has 1 aliphatic rings. The van der Waals surface area contributed by atoms with Crippen LogP contribution in [0.25, 0.3) is 0 Å². The molecule has 2 atom stereocenters. The van der Waals surface area contributed by atoms with Crippen LogP contribution in [0.3, 0.4) is 0 Å². The second kappa shape index (κ2) is 6.95. The third-order valence-corrected chi connectivity index (χ3v) is 4.10. The molecule has 0 spiro atoms. The van der Waals surface area contributed by atoms with Crippen LogP contribution >= 0.6 is 11.6 Å². The number of carbonyl (C=O) groups excluding carboxylic acids is 1. The van der Waals surface area contributed by atoms with Crippen LogP contribution in [0, 0.1) is 12.8 Å². The summed E-state index contributed by atoms with van der Waals surface area (Å²) in [5.74, 6) is 1.08. The Morgan fingerprint density at radius 2 is 2.35 bits per heavy atom. The summed E-state index contributed by atoms with van der Waals surface area (Å²) < 4.78 is 5.49. The Morgan fingerprint density at radius 3 is 3.05 bits per heavy atom. The van der Waals surface area contributed by atoms with Gasteiger partial charge in [0.1, 0.15) is 5.75 Å². The average Bonchev–Trinajstić information content (AvgIpc) is 2.43. The van der Waals surface area contributed by atoms with E-state index in [1.165, 1.54) is 0 Å². The summed E-state index contributed by atoms with van der Waals surface area (Å²) in [5.41, 5.74) is 0.940. The number of hydrogen-bond donors (Lipinski definition) is 2. The van der Waals surface area contributed by atoms with E-state index in [-0.39, 0.29) is 18.6 Å². The zero-order chi connectivity index (χ0) is 14.5. The number of ether oxygens (including phenoxy) is 1. The first-order chi connectivity index (χ1) is 9.56. The Hall–Kier alpha value is -1.26. The Labute approximate surface area is 124 Å². The average molecular weight is 297 g/mol. The van der Waals surface area contributed by atoms with Gasteiger partial charge < -0.3 is 15.4 Å². The molecule has 1 fully saturated rings. The molecular formula is C15H21ClN2O2. The zero-order valence-electron chi connectivity index (χ0n) is 11.9. The van der Waals surface area contributed by atoms with Crippen molar-refractivity contribution in [3.63, 3.8) is 0 Å². The van der Waals surface area contributed by atoms with Crippen LogP contribution in [0.5, 0.6) is 5.75 Å². The molecule has 2 rings (SSSR count). The van der Waals surface area contributed by atoms with Crippen molar-refractivity contribution in [3.05, 3.63) is 28.8 Å². The molecule has 0 radical (unpaired) electrons. The highest BCUT2D eigenvalue weighted by Gasteiger charge is 2.22. The Kier molecular flexibility index (Phi) is 5.26. The largest absolute Gasteiger partial charge is 0.484 e. The molecular weight excluding hydrogens is 276 g/mol. The molecule has 110 valence electrons. The number of halogens is 1. The fraction of sp³-hybridized carbons (Fsp3) is 0.533. The van der Waals surface area contributed by atoms with Gasteiger partial charge in [0.2, 0.25) is 0 Å². The molecule has 0 saturated carbocycles. The molecule has 2 unspecified atom stereocenters. The maximum Gasteiger partial charge on any atom is 0.258 e. The molecule has 20 heavy (non-hydrogen) atoms. The van der Waals surface area contributed by atoms with Gasteiger partial charge in [-0.2, -0.15) is 0 Å². The van der Waals surface area contributed by atoms with Crippen molar-refractivity contribution in [2.75, 3.05) is 19.7 Å². The van der Waals surface area contributed by atoms with Crippen molar-refractivity contribution >= 4 is 17.5 Å². The van der Waals surface area contributed by atoms with Crippen molar-refractivity contribution < 1.29 is 9.53 Å². The Balaban J connectivity index is 1.81. The second-order valence-electron chi connectivity index (χ2n) is 5.34. The number of piperidine rings is 1. The van der Waals surface area contributed by atoms with Gasteiger partial charge in [-0.1, -0.05) is 18.5 Å². The van der Waals surface area contributed by atoms with E-state index in [0.717, 1.165) is 25.1 Å². The highest BCUT2D eigenvalue weighted by molar-refractivity contribution is 6.31.